The van der Waals surface area contributed by atoms with Crippen LogP contribution < -0.4 is 20.9 Å². The minimum atomic E-state index is -4.31. The first-order chi connectivity index (χ1) is 31.8. The van der Waals surface area contributed by atoms with Crippen LogP contribution in [0.4, 0.5) is 4.39 Å². The lowest BCUT2D eigenvalue weighted by Gasteiger charge is -2.26. The number of esters is 1. The second-order valence-corrected chi connectivity index (χ2v) is 18.9. The maximum absolute atomic E-state index is 15.8. The van der Waals surface area contributed by atoms with Crippen molar-refractivity contribution >= 4 is 43.2 Å². The van der Waals surface area contributed by atoms with Gasteiger partial charge in [0.1, 0.15) is 24.9 Å². The number of likely N-dealkylation sites (tertiary alicyclic amines) is 2. The largest absolute Gasteiger partial charge is 0.465 e. The molecule has 1 amide bonds. The molecular formula is C51H73FN5O8P. The number of carbonyl (C=O) groups is 4. The highest BCUT2D eigenvalue weighted by atomic mass is 31.2. The van der Waals surface area contributed by atoms with Crippen LogP contribution >= 0.6 is 7.52 Å². The molecule has 66 heavy (non-hydrogen) atoms. The van der Waals surface area contributed by atoms with Crippen LogP contribution in [-0.2, 0) is 23.7 Å². The van der Waals surface area contributed by atoms with Gasteiger partial charge in [0.05, 0.1) is 6.61 Å². The number of halogens is 1. The summed E-state index contributed by atoms with van der Waals surface area (Å²) in [5.41, 5.74) is 7.09. The van der Waals surface area contributed by atoms with Crippen LogP contribution in [0.25, 0.3) is 10.8 Å². The summed E-state index contributed by atoms with van der Waals surface area (Å²) >= 11 is 0. The Hall–Kier alpha value is -5.01. The Morgan fingerprint density at radius 3 is 2.24 bits per heavy atom. The van der Waals surface area contributed by atoms with Crippen molar-refractivity contribution in [3.63, 3.8) is 0 Å². The highest BCUT2D eigenvalue weighted by molar-refractivity contribution is 7.57. The van der Waals surface area contributed by atoms with Crippen LogP contribution in [0.5, 0.6) is 5.75 Å². The monoisotopic (exact) mass is 934 g/mol. The third-order valence-electron chi connectivity index (χ3n) is 11.7. The number of para-hydroxylation sites is 1. The van der Waals surface area contributed by atoms with E-state index in [1.54, 1.807) is 48.5 Å². The Morgan fingerprint density at radius 2 is 1.65 bits per heavy atom. The summed E-state index contributed by atoms with van der Waals surface area (Å²) in [4.78, 5) is 58.5. The molecule has 3 aromatic carbocycles. The van der Waals surface area contributed by atoms with Crippen molar-refractivity contribution in [2.75, 3.05) is 40.3 Å². The third-order valence-corrected chi connectivity index (χ3v) is 13.8. The number of fused-ring (bicyclic) bond motifs is 1. The molecule has 1 aromatic heterocycles. The highest BCUT2D eigenvalue weighted by Crippen LogP contribution is 2.58. The summed E-state index contributed by atoms with van der Waals surface area (Å²) in [5, 5.41) is 3.83. The number of aromatic nitrogens is 1. The lowest BCUT2D eigenvalue weighted by Crippen LogP contribution is -2.35. The molecule has 3 aliphatic rings. The van der Waals surface area contributed by atoms with Crippen LogP contribution in [-0.4, -0.2) is 91.7 Å². The van der Waals surface area contributed by atoms with Gasteiger partial charge in [-0.3, -0.25) is 18.9 Å². The van der Waals surface area contributed by atoms with Gasteiger partial charge in [-0.25, -0.2) is 9.48 Å². The van der Waals surface area contributed by atoms with Crippen molar-refractivity contribution < 1.29 is 37.4 Å². The fourth-order valence-electron chi connectivity index (χ4n) is 7.94. The summed E-state index contributed by atoms with van der Waals surface area (Å²) in [6, 6.07) is 21.8. The van der Waals surface area contributed by atoms with Gasteiger partial charge in [0.15, 0.2) is 0 Å². The number of amides is 1. The number of nitrogens with two attached hydrogens (primary N) is 1. The summed E-state index contributed by atoms with van der Waals surface area (Å²) in [6.45, 7) is 13.0. The van der Waals surface area contributed by atoms with E-state index in [9.17, 15) is 23.7 Å². The van der Waals surface area contributed by atoms with E-state index in [0.29, 0.717) is 23.8 Å². The predicted molar refractivity (Wildman–Crippen MR) is 262 cm³/mol. The molecule has 0 radical (unpaired) electrons. The van der Waals surface area contributed by atoms with Crippen molar-refractivity contribution in [3.05, 3.63) is 112 Å². The van der Waals surface area contributed by atoms with Gasteiger partial charge >= 0.3 is 13.5 Å². The van der Waals surface area contributed by atoms with Crippen LogP contribution in [0, 0.1) is 0 Å². The lowest BCUT2D eigenvalue weighted by atomic mass is 10.00. The smallest absolute Gasteiger partial charge is 0.355 e. The number of benzene rings is 3. The number of unbranched alkanes of at least 4 members (excludes halogenated alkanes) is 3. The molecule has 2 saturated heterocycles. The molecule has 1 aliphatic carbocycles. The molecule has 3 N–H and O–H groups in total. The van der Waals surface area contributed by atoms with E-state index in [0.717, 1.165) is 43.6 Å². The minimum Gasteiger partial charge on any atom is -0.465 e. The molecule has 3 heterocycles. The number of likely N-dealkylation sites (N-methyl/N-ethyl adjacent to an activating group) is 1. The zero-order valence-corrected chi connectivity index (χ0v) is 40.8. The lowest BCUT2D eigenvalue weighted by molar-refractivity contribution is -0.145. The molecule has 15 heteroatoms. The van der Waals surface area contributed by atoms with E-state index >= 15 is 4.39 Å². The minimum absolute atomic E-state index is 0.0602. The Labute approximate surface area is 391 Å². The van der Waals surface area contributed by atoms with Crippen LogP contribution in [0.15, 0.2) is 89.9 Å². The van der Waals surface area contributed by atoms with Crippen molar-refractivity contribution in [1.82, 2.24) is 19.5 Å². The first-order valence-corrected chi connectivity index (χ1v) is 25.1. The van der Waals surface area contributed by atoms with Gasteiger partial charge in [-0.1, -0.05) is 70.0 Å². The topological polar surface area (TPSA) is 170 Å². The fraction of sp³-hybridized carbons (Fsp3) is 0.510. The maximum atomic E-state index is 15.8. The van der Waals surface area contributed by atoms with Crippen molar-refractivity contribution in [2.24, 2.45) is 5.73 Å². The van der Waals surface area contributed by atoms with Gasteiger partial charge < -0.3 is 39.0 Å². The van der Waals surface area contributed by atoms with Crippen molar-refractivity contribution in [2.45, 2.75) is 128 Å². The molecular weight excluding hydrogens is 861 g/mol. The summed E-state index contributed by atoms with van der Waals surface area (Å²) < 4.78 is 42.2. The second-order valence-electron chi connectivity index (χ2n) is 16.8. The number of ether oxygens (including phenoxy) is 1. The van der Waals surface area contributed by atoms with E-state index in [-0.39, 0.29) is 29.0 Å². The molecule has 3 fully saturated rings. The van der Waals surface area contributed by atoms with Crippen molar-refractivity contribution in [1.29, 1.82) is 0 Å². The molecule has 4 aromatic rings. The first kappa shape index (κ1) is 55.3. The van der Waals surface area contributed by atoms with E-state index in [2.05, 4.69) is 35.0 Å². The quantitative estimate of drug-likeness (QED) is 0.0421. The molecule has 362 valence electrons. The Balaban J connectivity index is 0.000000289. The number of rotatable bonds is 18. The molecule has 0 spiro atoms. The Bertz CT molecular complexity index is 2210. The summed E-state index contributed by atoms with van der Waals surface area (Å²) in [6.07, 6.45) is 15.6. The van der Waals surface area contributed by atoms with E-state index in [1.807, 2.05) is 44.4 Å². The highest BCUT2D eigenvalue weighted by Gasteiger charge is 2.41. The normalized spacial score (nSPS) is 18.5. The number of pyridine rings is 1. The van der Waals surface area contributed by atoms with E-state index in [1.165, 1.54) is 88.6 Å². The van der Waals surface area contributed by atoms with Crippen LogP contribution in [0.1, 0.15) is 138 Å². The summed E-state index contributed by atoms with van der Waals surface area (Å²) in [5.74, 6) is -2.64. The van der Waals surface area contributed by atoms with E-state index in [4.69, 9.17) is 19.8 Å². The zero-order valence-electron chi connectivity index (χ0n) is 39.9. The number of nitrogens with zero attached hydrogens (tertiary/aromatic N) is 3. The van der Waals surface area contributed by atoms with Crippen LogP contribution in [0.2, 0.25) is 0 Å². The standard InChI is InChI=1S/C24H26FN2O5P.C13H18N2O.C11H21NO.C2H6.CH2O/c1-3-13-31-24(29)16(2)27-33(30,32-21-7-5-4-6-8-21)22(25)18-11-9-17-10-12-19(23(26)28)15-20(17)14-18;1-14-6-4-11(9-14)10-5-7-15(12-2-3-12)13(16)8-10;1-12-9-6-8-11(12)7-4-2-3-5-10-13;2*1-2/h4-12,14-16,22H,3,13H2,1-2H3,(H2,26,28)(H,27,30);5,7-8,11-12H,2-4,6,9H2,1H3;10-11H,2-9H2,1H3;1-2H3;1H2/t;;11-;;/m..0../s1. The van der Waals surface area contributed by atoms with Gasteiger partial charge in [0, 0.05) is 42.9 Å². The number of alkyl halides is 1. The predicted octanol–water partition coefficient (Wildman–Crippen LogP) is 9.78. The van der Waals surface area contributed by atoms with Gasteiger partial charge in [-0.05, 0) is 150 Å². The molecule has 4 unspecified atom stereocenters. The zero-order chi connectivity index (χ0) is 48.6. The van der Waals surface area contributed by atoms with Crippen molar-refractivity contribution in [3.8, 4) is 5.75 Å². The number of nitrogens with one attached hydrogen (secondary N) is 1. The molecule has 5 atom stereocenters. The SMILES string of the molecule is C=O.CC.CCCOC(=O)C(C)NP(=O)(Oc1ccccc1)C(F)c1ccc2ccc(C(N)=O)cc2c1.CN1CCC(c2ccn(C3CC3)c(=O)c2)C1.CN1CCC[C@@H]1CCCCCC=O. The molecule has 2 aliphatic heterocycles. The number of hydrogen-bond donors (Lipinski definition) is 2. The number of hydrogen-bond acceptors (Lipinski definition) is 10. The average Bonchev–Trinajstić information content (AvgIpc) is 3.95. The molecule has 13 nitrogen and oxygen atoms in total. The maximum Gasteiger partial charge on any atom is 0.355 e. The second kappa shape index (κ2) is 28.9. The van der Waals surface area contributed by atoms with Gasteiger partial charge in [0.2, 0.25) is 11.8 Å². The molecule has 0 bridgehead atoms. The number of carbonyl (C=O) groups excluding carboxylic acids is 4. The van der Waals surface area contributed by atoms with Gasteiger partial charge in [-0.15, -0.1) is 0 Å². The fourth-order valence-corrected chi connectivity index (χ4v) is 9.85. The van der Waals surface area contributed by atoms with E-state index < -0.39 is 31.4 Å². The van der Waals surface area contributed by atoms with Gasteiger partial charge in [-0.2, -0.15) is 0 Å². The summed E-state index contributed by atoms with van der Waals surface area (Å²) in [7, 11) is 0.0551. The molecule has 7 rings (SSSR count). The number of primary amides is 1. The number of aldehydes is 1. The third kappa shape index (κ3) is 17.3. The van der Waals surface area contributed by atoms with Crippen LogP contribution in [0.3, 0.4) is 0 Å². The Kier molecular flexibility index (Phi) is 24.2. The molecule has 1 saturated carbocycles. The average molecular weight is 934 g/mol. The Morgan fingerprint density at radius 1 is 0.939 bits per heavy atom. The first-order valence-electron chi connectivity index (χ1n) is 23.4. The van der Waals surface area contributed by atoms with Gasteiger partial charge in [0.25, 0.3) is 5.56 Å².